The fraction of sp³-hybridized carbons (Fsp3) is 0.571. The van der Waals surface area contributed by atoms with Gasteiger partial charge in [-0.05, 0) is 43.9 Å². The van der Waals surface area contributed by atoms with Crippen LogP contribution in [0, 0.1) is 5.82 Å². The van der Waals surface area contributed by atoms with E-state index in [0.29, 0.717) is 31.0 Å². The average molecular weight is 350 g/mol. The first-order chi connectivity index (χ1) is 10.8. The number of halogens is 3. The molecule has 1 aromatic rings. The lowest BCUT2D eigenvalue weighted by Gasteiger charge is -2.29. The molecule has 5 nitrogen and oxygen atoms in total. The molecule has 2 atom stereocenters. The first-order valence-corrected chi connectivity index (χ1v) is 8.84. The van der Waals surface area contributed by atoms with Gasteiger partial charge in [0.2, 0.25) is 10.0 Å². The van der Waals surface area contributed by atoms with Crippen LogP contribution in [0.3, 0.4) is 0 Å². The predicted molar refractivity (Wildman–Crippen MR) is 76.3 cm³/mol. The highest BCUT2D eigenvalue weighted by Crippen LogP contribution is 2.28. The van der Waals surface area contributed by atoms with Crippen LogP contribution in [0.1, 0.15) is 25.7 Å². The van der Waals surface area contributed by atoms with E-state index in [1.165, 1.54) is 0 Å². The van der Waals surface area contributed by atoms with Gasteiger partial charge >= 0.3 is 6.61 Å². The largest absolute Gasteiger partial charge is 0.432 e. The van der Waals surface area contributed by atoms with Gasteiger partial charge in [0.1, 0.15) is 0 Å². The molecule has 0 spiro atoms. The third-order valence-electron chi connectivity index (χ3n) is 4.22. The second-order valence-electron chi connectivity index (χ2n) is 5.90. The summed E-state index contributed by atoms with van der Waals surface area (Å²) in [6, 6.07) is 3.04. The second kappa shape index (κ2) is 6.29. The summed E-state index contributed by atoms with van der Waals surface area (Å²) in [6.45, 7) is -3.17. The summed E-state index contributed by atoms with van der Waals surface area (Å²) in [4.78, 5) is -0.303. The quantitative estimate of drug-likeness (QED) is 0.852. The van der Waals surface area contributed by atoms with Gasteiger partial charge < -0.3 is 10.1 Å². The fourth-order valence-corrected chi connectivity index (χ4v) is 4.55. The maximum Gasteiger partial charge on any atom is 0.387 e. The number of nitrogens with one attached hydrogen (secondary N) is 2. The van der Waals surface area contributed by atoms with Crippen LogP contribution in [0.25, 0.3) is 0 Å². The molecule has 2 aliphatic heterocycles. The van der Waals surface area contributed by atoms with Crippen molar-refractivity contribution in [3.05, 3.63) is 24.0 Å². The van der Waals surface area contributed by atoms with Gasteiger partial charge in [0.05, 0.1) is 4.90 Å². The number of hydrogen-bond acceptors (Lipinski definition) is 4. The molecular formula is C14H17F3N2O3S. The maximum absolute atomic E-state index is 13.7. The Hall–Kier alpha value is -1.32. The highest BCUT2D eigenvalue weighted by Gasteiger charge is 2.35. The van der Waals surface area contributed by atoms with Crippen LogP contribution in [-0.4, -0.2) is 33.2 Å². The Bertz CT molecular complexity index is 672. The summed E-state index contributed by atoms with van der Waals surface area (Å²) in [7, 11) is -3.91. The van der Waals surface area contributed by atoms with Crippen molar-refractivity contribution in [3.8, 4) is 5.75 Å². The molecule has 0 saturated carbocycles. The smallest absolute Gasteiger partial charge is 0.387 e. The van der Waals surface area contributed by atoms with Crippen molar-refractivity contribution in [1.82, 2.24) is 10.0 Å². The van der Waals surface area contributed by atoms with E-state index >= 15 is 0 Å². The number of piperidine rings is 1. The van der Waals surface area contributed by atoms with Crippen LogP contribution in [0.15, 0.2) is 23.1 Å². The van der Waals surface area contributed by atoms with Crippen LogP contribution in [0.4, 0.5) is 13.2 Å². The fourth-order valence-electron chi connectivity index (χ4n) is 3.28. The lowest BCUT2D eigenvalue weighted by Crippen LogP contribution is -2.47. The first-order valence-electron chi connectivity index (χ1n) is 7.36. The molecule has 2 heterocycles. The van der Waals surface area contributed by atoms with Crippen molar-refractivity contribution >= 4 is 10.0 Å². The van der Waals surface area contributed by atoms with E-state index in [2.05, 4.69) is 14.8 Å². The predicted octanol–water partition coefficient (Wildman–Crippen LogP) is 1.99. The van der Waals surface area contributed by atoms with Crippen molar-refractivity contribution in [2.75, 3.05) is 0 Å². The van der Waals surface area contributed by atoms with E-state index in [9.17, 15) is 21.6 Å². The number of alkyl halides is 2. The van der Waals surface area contributed by atoms with Crippen molar-refractivity contribution in [1.29, 1.82) is 0 Å². The first kappa shape index (κ1) is 16.5. The number of hydrogen-bond donors (Lipinski definition) is 2. The highest BCUT2D eigenvalue weighted by atomic mass is 32.2. The van der Waals surface area contributed by atoms with E-state index in [1.54, 1.807) is 0 Å². The zero-order valence-corrected chi connectivity index (χ0v) is 13.0. The van der Waals surface area contributed by atoms with Gasteiger partial charge in [-0.2, -0.15) is 8.78 Å². The molecule has 3 rings (SSSR count). The van der Waals surface area contributed by atoms with Crippen LogP contribution in [0.2, 0.25) is 0 Å². The Kier molecular flexibility index (Phi) is 4.52. The SMILES string of the molecule is O=S(=O)(NC1CC2CCC(C1)N2)c1ccc(OC(F)F)c(F)c1. The third-order valence-corrected chi connectivity index (χ3v) is 5.74. The minimum absolute atomic E-state index is 0.209. The van der Waals surface area contributed by atoms with E-state index in [-0.39, 0.29) is 10.9 Å². The van der Waals surface area contributed by atoms with Crippen molar-refractivity contribution < 1.29 is 26.3 Å². The van der Waals surface area contributed by atoms with Gasteiger partial charge in [-0.25, -0.2) is 17.5 Å². The summed E-state index contributed by atoms with van der Waals surface area (Å²) < 4.78 is 69.1. The second-order valence-corrected chi connectivity index (χ2v) is 7.61. The minimum atomic E-state index is -3.91. The van der Waals surface area contributed by atoms with Gasteiger partial charge in [-0.15, -0.1) is 0 Å². The topological polar surface area (TPSA) is 67.4 Å². The Morgan fingerprint density at radius 1 is 1.22 bits per heavy atom. The average Bonchev–Trinajstić information content (AvgIpc) is 2.79. The van der Waals surface area contributed by atoms with E-state index in [0.717, 1.165) is 25.0 Å². The zero-order valence-electron chi connectivity index (χ0n) is 12.1. The summed E-state index contributed by atoms with van der Waals surface area (Å²) in [5.74, 6) is -1.82. The molecule has 2 saturated heterocycles. The van der Waals surface area contributed by atoms with Crippen LogP contribution < -0.4 is 14.8 Å². The Balaban J connectivity index is 1.73. The summed E-state index contributed by atoms with van der Waals surface area (Å²) >= 11 is 0. The van der Waals surface area contributed by atoms with Crippen LogP contribution in [-0.2, 0) is 10.0 Å². The van der Waals surface area contributed by atoms with Crippen molar-refractivity contribution in [2.24, 2.45) is 0 Å². The molecule has 0 amide bonds. The van der Waals surface area contributed by atoms with Crippen LogP contribution in [0.5, 0.6) is 5.75 Å². The minimum Gasteiger partial charge on any atom is -0.432 e. The van der Waals surface area contributed by atoms with Gasteiger partial charge in [0.25, 0.3) is 0 Å². The highest BCUT2D eigenvalue weighted by molar-refractivity contribution is 7.89. The number of rotatable bonds is 5. The number of benzene rings is 1. The normalized spacial score (nSPS) is 27.4. The van der Waals surface area contributed by atoms with Gasteiger partial charge in [-0.3, -0.25) is 0 Å². The lowest BCUT2D eigenvalue weighted by atomic mass is 10.0. The van der Waals surface area contributed by atoms with Gasteiger partial charge in [-0.1, -0.05) is 0 Å². The zero-order chi connectivity index (χ0) is 16.6. The number of ether oxygens (including phenoxy) is 1. The molecule has 2 bridgehead atoms. The monoisotopic (exact) mass is 350 g/mol. The molecule has 2 fully saturated rings. The Morgan fingerprint density at radius 3 is 2.43 bits per heavy atom. The summed E-state index contributed by atoms with van der Waals surface area (Å²) in [5, 5.41) is 3.40. The Morgan fingerprint density at radius 2 is 1.87 bits per heavy atom. The third kappa shape index (κ3) is 3.78. The van der Waals surface area contributed by atoms with Crippen LogP contribution >= 0.6 is 0 Å². The molecule has 2 unspecified atom stereocenters. The molecule has 0 radical (unpaired) electrons. The number of sulfonamides is 1. The number of fused-ring (bicyclic) bond motifs is 2. The van der Waals surface area contributed by atoms with Crippen molar-refractivity contribution in [2.45, 2.75) is 55.3 Å². The lowest BCUT2D eigenvalue weighted by molar-refractivity contribution is -0.0522. The molecule has 23 heavy (non-hydrogen) atoms. The standard InChI is InChI=1S/C14H17F3N2O3S/c15-12-7-11(3-4-13(12)22-14(16)17)23(20,21)19-10-5-8-1-2-9(6-10)18-8/h3-4,7-10,14,18-19H,1-2,5-6H2. The molecule has 1 aromatic carbocycles. The summed E-state index contributed by atoms with van der Waals surface area (Å²) in [6.07, 6.45) is 3.42. The molecule has 0 aliphatic carbocycles. The molecule has 2 aliphatic rings. The van der Waals surface area contributed by atoms with E-state index < -0.39 is 28.2 Å². The van der Waals surface area contributed by atoms with E-state index in [4.69, 9.17) is 0 Å². The van der Waals surface area contributed by atoms with E-state index in [1.807, 2.05) is 0 Å². The maximum atomic E-state index is 13.7. The molecular weight excluding hydrogens is 333 g/mol. The molecule has 2 N–H and O–H groups in total. The molecule has 9 heteroatoms. The van der Waals surface area contributed by atoms with Crippen molar-refractivity contribution in [3.63, 3.8) is 0 Å². The summed E-state index contributed by atoms with van der Waals surface area (Å²) in [5.41, 5.74) is 0. The molecule has 0 aromatic heterocycles. The Labute approximate surface area is 132 Å². The van der Waals surface area contributed by atoms with Gasteiger partial charge in [0, 0.05) is 18.1 Å². The molecule has 128 valence electrons. The van der Waals surface area contributed by atoms with Gasteiger partial charge in [0.15, 0.2) is 11.6 Å².